The van der Waals surface area contributed by atoms with E-state index >= 15 is 0 Å². The van der Waals surface area contributed by atoms with Crippen LogP contribution in [-0.2, 0) is 6.54 Å². The van der Waals surface area contributed by atoms with Crippen LogP contribution in [0.15, 0.2) is 6.07 Å². The van der Waals surface area contributed by atoms with Gasteiger partial charge in [0.15, 0.2) is 0 Å². The average molecular weight is 263 g/mol. The molecule has 1 aromatic rings. The minimum absolute atomic E-state index is 0.156. The van der Waals surface area contributed by atoms with Gasteiger partial charge in [0, 0.05) is 37.1 Å². The largest absolute Gasteiger partial charge is 0.349 e. The van der Waals surface area contributed by atoms with Gasteiger partial charge in [0.05, 0.1) is 5.56 Å². The Morgan fingerprint density at radius 2 is 2.16 bits per heavy atom. The molecule has 1 amide bonds. The van der Waals surface area contributed by atoms with E-state index in [9.17, 15) is 4.79 Å². The van der Waals surface area contributed by atoms with Gasteiger partial charge in [-0.25, -0.2) is 0 Å². The summed E-state index contributed by atoms with van der Waals surface area (Å²) in [5.74, 6) is 0.156. The summed E-state index contributed by atoms with van der Waals surface area (Å²) in [5.41, 5.74) is 8.89. The van der Waals surface area contributed by atoms with Crippen LogP contribution in [-0.4, -0.2) is 34.5 Å². The quantitative estimate of drug-likeness (QED) is 0.907. The van der Waals surface area contributed by atoms with E-state index in [-0.39, 0.29) is 11.9 Å². The molecule has 2 rings (SSSR count). The molecule has 106 valence electrons. The fraction of sp³-hybridized carbons (Fsp3) is 0.667. The summed E-state index contributed by atoms with van der Waals surface area (Å²) >= 11 is 0. The van der Waals surface area contributed by atoms with Gasteiger partial charge < -0.3 is 15.2 Å². The molecule has 1 atom stereocenters. The van der Waals surface area contributed by atoms with Crippen molar-refractivity contribution in [3.63, 3.8) is 0 Å². The Balaban J connectivity index is 2.28. The molecular weight excluding hydrogens is 238 g/mol. The summed E-state index contributed by atoms with van der Waals surface area (Å²) in [7, 11) is 0. The van der Waals surface area contributed by atoms with E-state index in [1.165, 1.54) is 6.42 Å². The average Bonchev–Trinajstić information content (AvgIpc) is 2.72. The van der Waals surface area contributed by atoms with Gasteiger partial charge in [-0.05, 0) is 46.1 Å². The van der Waals surface area contributed by atoms with E-state index in [4.69, 9.17) is 5.73 Å². The van der Waals surface area contributed by atoms with Crippen LogP contribution in [0, 0.1) is 13.8 Å². The van der Waals surface area contributed by atoms with E-state index in [0.29, 0.717) is 6.54 Å². The number of amides is 1. The maximum absolute atomic E-state index is 12.7. The van der Waals surface area contributed by atoms with Gasteiger partial charge in [0.1, 0.15) is 0 Å². The molecule has 0 aliphatic carbocycles. The van der Waals surface area contributed by atoms with Crippen molar-refractivity contribution in [2.45, 2.75) is 52.6 Å². The Bertz CT molecular complexity index is 464. The van der Waals surface area contributed by atoms with Crippen molar-refractivity contribution < 1.29 is 4.79 Å². The molecule has 1 saturated heterocycles. The number of nitrogens with two attached hydrogens (primary N) is 1. The number of hydrogen-bond acceptors (Lipinski definition) is 2. The maximum atomic E-state index is 12.7. The molecule has 0 unspecified atom stereocenters. The van der Waals surface area contributed by atoms with Gasteiger partial charge in [-0.3, -0.25) is 4.79 Å². The standard InChI is InChI=1S/C15H25N3O/c1-4-17-11(2)9-14(12(17)3)15(19)18-8-6-5-7-13(18)10-16/h9,13H,4-8,10,16H2,1-3H3/t13-/m1/s1. The van der Waals surface area contributed by atoms with Gasteiger partial charge in [-0.15, -0.1) is 0 Å². The van der Waals surface area contributed by atoms with Crippen LogP contribution in [0.4, 0.5) is 0 Å². The lowest BCUT2D eigenvalue weighted by Gasteiger charge is -2.35. The zero-order chi connectivity index (χ0) is 14.0. The van der Waals surface area contributed by atoms with Crippen LogP contribution in [0.25, 0.3) is 0 Å². The molecule has 0 bridgehead atoms. The lowest BCUT2D eigenvalue weighted by atomic mass is 10.0. The Hall–Kier alpha value is -1.29. The zero-order valence-electron chi connectivity index (χ0n) is 12.3. The van der Waals surface area contributed by atoms with E-state index in [1.807, 2.05) is 17.9 Å². The number of rotatable bonds is 3. The number of carbonyl (C=O) groups excluding carboxylic acids is 1. The Kier molecular flexibility index (Phi) is 4.30. The van der Waals surface area contributed by atoms with Crippen LogP contribution < -0.4 is 5.73 Å². The molecule has 1 aliphatic rings. The van der Waals surface area contributed by atoms with Gasteiger partial charge in [-0.1, -0.05) is 0 Å². The third-order valence-corrected chi connectivity index (χ3v) is 4.28. The van der Waals surface area contributed by atoms with Crippen LogP contribution >= 0.6 is 0 Å². The van der Waals surface area contributed by atoms with Crippen molar-refractivity contribution in [2.75, 3.05) is 13.1 Å². The number of likely N-dealkylation sites (tertiary alicyclic amines) is 1. The van der Waals surface area contributed by atoms with Crippen LogP contribution in [0.2, 0.25) is 0 Å². The predicted molar refractivity (Wildman–Crippen MR) is 77.3 cm³/mol. The van der Waals surface area contributed by atoms with E-state index in [2.05, 4.69) is 18.4 Å². The topological polar surface area (TPSA) is 51.3 Å². The normalized spacial score (nSPS) is 19.8. The molecule has 4 heteroatoms. The monoisotopic (exact) mass is 263 g/mol. The lowest BCUT2D eigenvalue weighted by Crippen LogP contribution is -2.47. The summed E-state index contributed by atoms with van der Waals surface area (Å²) in [6.45, 7) is 8.52. The summed E-state index contributed by atoms with van der Waals surface area (Å²) < 4.78 is 2.19. The molecule has 19 heavy (non-hydrogen) atoms. The van der Waals surface area contributed by atoms with Crippen molar-refractivity contribution >= 4 is 5.91 Å². The molecule has 0 spiro atoms. The first kappa shape index (κ1) is 14.1. The highest BCUT2D eigenvalue weighted by molar-refractivity contribution is 5.96. The number of nitrogens with zero attached hydrogens (tertiary/aromatic N) is 2. The minimum Gasteiger partial charge on any atom is -0.349 e. The SMILES string of the molecule is CCn1c(C)cc(C(=O)N2CCCC[C@@H]2CN)c1C. The van der Waals surface area contributed by atoms with Crippen LogP contribution in [0.3, 0.4) is 0 Å². The second kappa shape index (κ2) is 5.78. The highest BCUT2D eigenvalue weighted by atomic mass is 16.2. The van der Waals surface area contributed by atoms with Gasteiger partial charge >= 0.3 is 0 Å². The molecule has 2 N–H and O–H groups in total. The lowest BCUT2D eigenvalue weighted by molar-refractivity contribution is 0.0622. The summed E-state index contributed by atoms with van der Waals surface area (Å²) in [4.78, 5) is 14.7. The molecule has 1 fully saturated rings. The molecule has 0 saturated carbocycles. The smallest absolute Gasteiger partial charge is 0.255 e. The van der Waals surface area contributed by atoms with Crippen molar-refractivity contribution in [1.82, 2.24) is 9.47 Å². The summed E-state index contributed by atoms with van der Waals surface area (Å²) in [6.07, 6.45) is 3.31. The summed E-state index contributed by atoms with van der Waals surface area (Å²) in [5, 5.41) is 0. The van der Waals surface area contributed by atoms with Crippen molar-refractivity contribution in [3.05, 3.63) is 23.0 Å². The first-order valence-corrected chi connectivity index (χ1v) is 7.27. The molecular formula is C15H25N3O. The molecule has 2 heterocycles. The van der Waals surface area contributed by atoms with E-state index in [1.54, 1.807) is 0 Å². The Labute approximate surface area is 115 Å². The Morgan fingerprint density at radius 1 is 1.42 bits per heavy atom. The van der Waals surface area contributed by atoms with E-state index < -0.39 is 0 Å². The van der Waals surface area contributed by atoms with Gasteiger partial charge in [-0.2, -0.15) is 0 Å². The minimum atomic E-state index is 0.156. The van der Waals surface area contributed by atoms with Crippen LogP contribution in [0.5, 0.6) is 0 Å². The van der Waals surface area contributed by atoms with Crippen molar-refractivity contribution in [2.24, 2.45) is 5.73 Å². The number of piperidine rings is 1. The van der Waals surface area contributed by atoms with Gasteiger partial charge in [0.25, 0.3) is 5.91 Å². The zero-order valence-corrected chi connectivity index (χ0v) is 12.3. The van der Waals surface area contributed by atoms with E-state index in [0.717, 1.165) is 42.9 Å². The Morgan fingerprint density at radius 3 is 2.74 bits per heavy atom. The van der Waals surface area contributed by atoms with Crippen molar-refractivity contribution in [3.8, 4) is 0 Å². The molecule has 1 aromatic heterocycles. The highest BCUT2D eigenvalue weighted by Crippen LogP contribution is 2.22. The fourth-order valence-corrected chi connectivity index (χ4v) is 3.17. The number of aromatic nitrogens is 1. The van der Waals surface area contributed by atoms with Gasteiger partial charge in [0.2, 0.25) is 0 Å². The first-order valence-electron chi connectivity index (χ1n) is 7.27. The number of carbonyl (C=O) groups is 1. The third-order valence-electron chi connectivity index (χ3n) is 4.28. The molecule has 4 nitrogen and oxygen atoms in total. The maximum Gasteiger partial charge on any atom is 0.255 e. The third kappa shape index (κ3) is 2.54. The highest BCUT2D eigenvalue weighted by Gasteiger charge is 2.28. The predicted octanol–water partition coefficient (Wildman–Crippen LogP) is 2.08. The molecule has 1 aliphatic heterocycles. The molecule has 0 aromatic carbocycles. The second-order valence-electron chi connectivity index (χ2n) is 5.41. The summed E-state index contributed by atoms with van der Waals surface area (Å²) in [6, 6.07) is 2.23. The second-order valence-corrected chi connectivity index (χ2v) is 5.41. The number of hydrogen-bond donors (Lipinski definition) is 1. The molecule has 0 radical (unpaired) electrons. The fourth-order valence-electron chi connectivity index (χ4n) is 3.17. The number of aryl methyl sites for hydroxylation is 1. The first-order chi connectivity index (χ1) is 9.10. The van der Waals surface area contributed by atoms with Crippen molar-refractivity contribution in [1.29, 1.82) is 0 Å². The van der Waals surface area contributed by atoms with Crippen LogP contribution in [0.1, 0.15) is 47.9 Å².